The number of ether oxygens (including phenoxy) is 1. The van der Waals surface area contributed by atoms with Crippen molar-refractivity contribution in [1.29, 1.82) is 0 Å². The van der Waals surface area contributed by atoms with Gasteiger partial charge in [-0.3, -0.25) is 4.57 Å². The van der Waals surface area contributed by atoms with Crippen LogP contribution in [0.4, 0.5) is 0 Å². The Kier molecular flexibility index (Phi) is 11.5. The molecule has 63 heavy (non-hydrogen) atoms. The van der Waals surface area contributed by atoms with E-state index in [2.05, 4.69) is 212 Å². The zero-order valence-electron chi connectivity index (χ0n) is 36.2. The summed E-state index contributed by atoms with van der Waals surface area (Å²) in [5, 5.41) is 2.28. The normalized spacial score (nSPS) is 11.7. The molecule has 3 aromatic heterocycles. The number of imidazole rings is 1. The third-order valence-electron chi connectivity index (χ3n) is 12.2. The van der Waals surface area contributed by atoms with Crippen molar-refractivity contribution in [2.75, 3.05) is 0 Å². The van der Waals surface area contributed by atoms with Gasteiger partial charge in [0.2, 0.25) is 0 Å². The Morgan fingerprint density at radius 3 is 2.00 bits per heavy atom. The molecule has 0 aliphatic carbocycles. The van der Waals surface area contributed by atoms with Crippen molar-refractivity contribution in [2.24, 2.45) is 0 Å². The molecule has 0 unspecified atom stereocenters. The molecule has 0 aliphatic heterocycles. The van der Waals surface area contributed by atoms with Crippen LogP contribution in [0, 0.1) is 18.5 Å². The van der Waals surface area contributed by atoms with E-state index in [4.69, 9.17) is 9.72 Å². The first kappa shape index (κ1) is 41.8. The van der Waals surface area contributed by atoms with E-state index in [0.717, 1.165) is 79.7 Å². The van der Waals surface area contributed by atoms with Gasteiger partial charge in [-0.1, -0.05) is 155 Å². The molecular formula is C57H48N4OPt-2. The van der Waals surface area contributed by atoms with Crippen molar-refractivity contribution in [3.63, 3.8) is 0 Å². The van der Waals surface area contributed by atoms with Crippen molar-refractivity contribution in [3.05, 3.63) is 200 Å². The Morgan fingerprint density at radius 1 is 0.635 bits per heavy atom. The third kappa shape index (κ3) is 7.81. The van der Waals surface area contributed by atoms with E-state index in [1.165, 1.54) is 16.5 Å². The quantitative estimate of drug-likeness (QED) is 0.101. The third-order valence-corrected chi connectivity index (χ3v) is 12.2. The second-order valence-electron chi connectivity index (χ2n) is 17.1. The molecule has 0 aliphatic rings. The topological polar surface area (TPSA) is 35.9 Å². The van der Waals surface area contributed by atoms with Gasteiger partial charge in [0.15, 0.2) is 0 Å². The number of hydrogen-bond acceptors (Lipinski definition) is 2. The molecular weight excluding hydrogens is 952 g/mol. The van der Waals surface area contributed by atoms with Crippen molar-refractivity contribution in [1.82, 2.24) is 14.1 Å². The average Bonchev–Trinajstić information content (AvgIpc) is 3.85. The van der Waals surface area contributed by atoms with E-state index >= 15 is 0 Å². The van der Waals surface area contributed by atoms with Crippen LogP contribution in [0.1, 0.15) is 64.5 Å². The standard InChI is InChI=1S/C57H48N4O.Pt/c1-6-39(7-2)42-32-33-58-55(34-42)61-51-31-28-43(57(3,4)5)35-50(51)49-30-29-46(37-54(49)61)62-45-23-16-22-44(36-45)59-38-60(53-27-15-14-26-52(53)59)56-47(40-18-10-8-11-19-40)24-17-25-48(56)41-20-12-9-13-21-41;/h8-35,39H,6-7H2,1-5H3;/q-2;. The molecule has 10 aromatic rings. The van der Waals surface area contributed by atoms with Crippen LogP contribution >= 0.6 is 0 Å². The number of nitrogens with zero attached hydrogens (tertiary/aromatic N) is 4. The van der Waals surface area contributed by atoms with E-state index < -0.39 is 0 Å². The second-order valence-corrected chi connectivity index (χ2v) is 17.1. The predicted molar refractivity (Wildman–Crippen MR) is 253 cm³/mol. The molecule has 0 N–H and O–H groups in total. The molecule has 0 amide bonds. The van der Waals surface area contributed by atoms with Crippen LogP contribution in [0.2, 0.25) is 0 Å². The van der Waals surface area contributed by atoms with Crippen molar-refractivity contribution in [3.8, 4) is 50.9 Å². The van der Waals surface area contributed by atoms with Gasteiger partial charge in [-0.15, -0.1) is 29.7 Å². The molecule has 314 valence electrons. The maximum Gasteiger partial charge on any atom is 0.268 e. The minimum absolute atomic E-state index is 0. The first-order valence-electron chi connectivity index (χ1n) is 21.7. The molecule has 0 atom stereocenters. The number of para-hydroxylation sites is 3. The maximum absolute atomic E-state index is 6.69. The van der Waals surface area contributed by atoms with Gasteiger partial charge in [0, 0.05) is 44.3 Å². The van der Waals surface area contributed by atoms with E-state index in [0.29, 0.717) is 17.4 Å². The molecule has 3 heterocycles. The zero-order valence-corrected chi connectivity index (χ0v) is 38.4. The summed E-state index contributed by atoms with van der Waals surface area (Å²) in [6.45, 7) is 11.3. The molecule has 0 bridgehead atoms. The summed E-state index contributed by atoms with van der Waals surface area (Å²) >= 11 is 0. The minimum Gasteiger partial charge on any atom is -0.510 e. The minimum atomic E-state index is 0. The van der Waals surface area contributed by atoms with Crippen molar-refractivity contribution in [2.45, 2.75) is 58.8 Å². The van der Waals surface area contributed by atoms with E-state index in [1.54, 1.807) is 0 Å². The van der Waals surface area contributed by atoms with E-state index in [9.17, 15) is 0 Å². The summed E-state index contributed by atoms with van der Waals surface area (Å²) in [5.41, 5.74) is 13.0. The summed E-state index contributed by atoms with van der Waals surface area (Å²) in [5.74, 6) is 2.53. The molecule has 7 aromatic carbocycles. The molecule has 10 rings (SSSR count). The van der Waals surface area contributed by atoms with Crippen LogP contribution < -0.4 is 9.30 Å². The molecule has 0 spiro atoms. The summed E-state index contributed by atoms with van der Waals surface area (Å²) < 4.78 is 13.2. The maximum atomic E-state index is 6.69. The monoisotopic (exact) mass is 999 g/mol. The van der Waals surface area contributed by atoms with Crippen LogP contribution in [0.25, 0.3) is 72.3 Å². The summed E-state index contributed by atoms with van der Waals surface area (Å²) in [6.07, 6.45) is 7.86. The van der Waals surface area contributed by atoms with Gasteiger partial charge in [0.1, 0.15) is 5.82 Å². The first-order chi connectivity index (χ1) is 30.3. The van der Waals surface area contributed by atoms with Gasteiger partial charge in [-0.2, -0.15) is 18.2 Å². The SMILES string of the molecule is CCC(CC)c1ccnc(-n2c3[c-]c(Oc4[c-]c(-n5[c-][n+](-c6c(-c7ccccc7)cccc6-c6ccccc6)c6ccccc65)ccc4)ccc3c3cc(C(C)(C)C)ccc32)c1.[Pt]. The summed E-state index contributed by atoms with van der Waals surface area (Å²) in [7, 11) is 0. The molecule has 5 nitrogen and oxygen atoms in total. The smallest absolute Gasteiger partial charge is 0.268 e. The van der Waals surface area contributed by atoms with Crippen LogP contribution in [-0.2, 0) is 26.5 Å². The number of pyridine rings is 1. The Morgan fingerprint density at radius 2 is 1.30 bits per heavy atom. The molecule has 0 radical (unpaired) electrons. The Bertz CT molecular complexity index is 3170. The fraction of sp³-hybridized carbons (Fsp3) is 0.158. The van der Waals surface area contributed by atoms with Crippen molar-refractivity contribution < 1.29 is 30.4 Å². The van der Waals surface area contributed by atoms with Gasteiger partial charge in [0.05, 0.1) is 16.7 Å². The van der Waals surface area contributed by atoms with Gasteiger partial charge in [-0.05, 0) is 86.8 Å². The van der Waals surface area contributed by atoms with Crippen LogP contribution in [0.5, 0.6) is 11.5 Å². The fourth-order valence-corrected chi connectivity index (χ4v) is 8.89. The fourth-order valence-electron chi connectivity index (χ4n) is 8.89. The number of hydrogen-bond donors (Lipinski definition) is 0. The van der Waals surface area contributed by atoms with Crippen molar-refractivity contribution >= 4 is 32.8 Å². The van der Waals surface area contributed by atoms with E-state index in [1.807, 2.05) is 24.4 Å². The van der Waals surface area contributed by atoms with Crippen LogP contribution in [0.3, 0.4) is 0 Å². The summed E-state index contributed by atoms with van der Waals surface area (Å²) in [6, 6.07) is 64.8. The number of fused-ring (bicyclic) bond motifs is 4. The predicted octanol–water partition coefficient (Wildman–Crippen LogP) is 14.1. The Balaban J connectivity index is 0.00000504. The molecule has 6 heteroatoms. The second kappa shape index (κ2) is 17.3. The molecule has 0 saturated heterocycles. The Labute approximate surface area is 384 Å². The molecule has 0 fully saturated rings. The van der Waals surface area contributed by atoms with Gasteiger partial charge in [0.25, 0.3) is 6.33 Å². The number of rotatable bonds is 10. The number of aromatic nitrogens is 4. The molecule has 0 saturated carbocycles. The van der Waals surface area contributed by atoms with E-state index in [-0.39, 0.29) is 26.5 Å². The van der Waals surface area contributed by atoms with Gasteiger partial charge in [-0.25, -0.2) is 4.98 Å². The zero-order chi connectivity index (χ0) is 42.4. The van der Waals surface area contributed by atoms with Gasteiger partial charge >= 0.3 is 0 Å². The summed E-state index contributed by atoms with van der Waals surface area (Å²) in [4.78, 5) is 4.94. The van der Waals surface area contributed by atoms with Crippen LogP contribution in [0.15, 0.2) is 170 Å². The largest absolute Gasteiger partial charge is 0.510 e. The number of benzene rings is 7. The Hall–Kier alpha value is -6.55. The first-order valence-corrected chi connectivity index (χ1v) is 21.7. The van der Waals surface area contributed by atoms with Gasteiger partial charge < -0.3 is 13.9 Å². The average molecular weight is 1000 g/mol. The van der Waals surface area contributed by atoms with Crippen LogP contribution in [-0.4, -0.2) is 14.1 Å².